The van der Waals surface area contributed by atoms with Gasteiger partial charge < -0.3 is 10.6 Å². The molecule has 3 nitrogen and oxygen atoms in total. The molecule has 2 aromatic rings. The van der Waals surface area contributed by atoms with Crippen LogP contribution in [-0.4, -0.2) is 29.9 Å². The van der Waals surface area contributed by atoms with E-state index in [0.717, 1.165) is 30.5 Å². The van der Waals surface area contributed by atoms with Gasteiger partial charge in [-0.25, -0.2) is 0 Å². The molecule has 0 bridgehead atoms. The maximum Gasteiger partial charge on any atom is 0.253 e. The molecule has 2 N–H and O–H groups in total. The molecular weight excluding hydrogens is 260 g/mol. The third-order valence-corrected chi connectivity index (χ3v) is 5.20. The van der Waals surface area contributed by atoms with E-state index < -0.39 is 0 Å². The summed E-state index contributed by atoms with van der Waals surface area (Å²) >= 11 is 0. The van der Waals surface area contributed by atoms with E-state index in [1.807, 2.05) is 35.2 Å². The van der Waals surface area contributed by atoms with E-state index in [4.69, 9.17) is 5.73 Å². The molecule has 108 valence electrons. The van der Waals surface area contributed by atoms with Gasteiger partial charge in [0.05, 0.1) is 0 Å². The zero-order chi connectivity index (χ0) is 14.4. The Labute approximate surface area is 124 Å². The minimum Gasteiger partial charge on any atom is -0.338 e. The zero-order valence-corrected chi connectivity index (χ0v) is 12.0. The molecule has 1 amide bonds. The standard InChI is InChI=1S/C18H20N2O/c19-17-8-7-15-10-20(11-16(15)17)18(21)14-6-5-12-3-1-2-4-13(12)9-14/h1-6,9,15-17H,7-8,10-11,19H2. The van der Waals surface area contributed by atoms with Crippen LogP contribution in [0, 0.1) is 11.8 Å². The monoisotopic (exact) mass is 280 g/mol. The largest absolute Gasteiger partial charge is 0.338 e. The van der Waals surface area contributed by atoms with Crippen LogP contribution in [0.25, 0.3) is 10.8 Å². The average molecular weight is 280 g/mol. The van der Waals surface area contributed by atoms with Crippen molar-refractivity contribution in [3.63, 3.8) is 0 Å². The highest BCUT2D eigenvalue weighted by atomic mass is 16.2. The number of fused-ring (bicyclic) bond motifs is 2. The van der Waals surface area contributed by atoms with Crippen LogP contribution in [-0.2, 0) is 0 Å². The van der Waals surface area contributed by atoms with Gasteiger partial charge >= 0.3 is 0 Å². The van der Waals surface area contributed by atoms with Gasteiger partial charge in [0.1, 0.15) is 0 Å². The number of carbonyl (C=O) groups excluding carboxylic acids is 1. The summed E-state index contributed by atoms with van der Waals surface area (Å²) in [5.41, 5.74) is 6.95. The number of rotatable bonds is 1. The summed E-state index contributed by atoms with van der Waals surface area (Å²) in [5.74, 6) is 1.28. The second kappa shape index (κ2) is 4.85. The van der Waals surface area contributed by atoms with Crippen LogP contribution >= 0.6 is 0 Å². The lowest BCUT2D eigenvalue weighted by molar-refractivity contribution is 0.0780. The van der Waals surface area contributed by atoms with Crippen LogP contribution in [0.1, 0.15) is 23.2 Å². The SMILES string of the molecule is NC1CCC2CN(C(=O)c3ccc4ccccc4c3)CC12. The first-order chi connectivity index (χ1) is 10.2. The molecule has 2 aromatic carbocycles. The Morgan fingerprint density at radius 2 is 1.86 bits per heavy atom. The van der Waals surface area contributed by atoms with Crippen LogP contribution in [0.3, 0.4) is 0 Å². The van der Waals surface area contributed by atoms with Gasteiger partial charge in [-0.3, -0.25) is 4.79 Å². The molecule has 1 saturated heterocycles. The lowest BCUT2D eigenvalue weighted by Crippen LogP contribution is -2.33. The number of carbonyl (C=O) groups is 1. The summed E-state index contributed by atoms with van der Waals surface area (Å²) in [7, 11) is 0. The van der Waals surface area contributed by atoms with Crippen LogP contribution in [0.5, 0.6) is 0 Å². The van der Waals surface area contributed by atoms with Gasteiger partial charge in [-0.1, -0.05) is 30.3 Å². The first kappa shape index (κ1) is 12.8. The van der Waals surface area contributed by atoms with E-state index in [9.17, 15) is 4.79 Å². The number of likely N-dealkylation sites (tertiary alicyclic amines) is 1. The molecule has 2 fully saturated rings. The normalized spacial score (nSPS) is 28.0. The van der Waals surface area contributed by atoms with E-state index in [1.165, 1.54) is 11.8 Å². The Hall–Kier alpha value is -1.87. The van der Waals surface area contributed by atoms with Crippen LogP contribution in [0.4, 0.5) is 0 Å². The van der Waals surface area contributed by atoms with Gasteiger partial charge in [-0.2, -0.15) is 0 Å². The number of nitrogens with two attached hydrogens (primary N) is 1. The van der Waals surface area contributed by atoms with E-state index in [2.05, 4.69) is 12.1 Å². The van der Waals surface area contributed by atoms with Crippen LogP contribution in [0.2, 0.25) is 0 Å². The minimum absolute atomic E-state index is 0.155. The second-order valence-electron chi connectivity index (χ2n) is 6.44. The maximum atomic E-state index is 12.7. The summed E-state index contributed by atoms with van der Waals surface area (Å²) in [5, 5.41) is 2.30. The maximum absolute atomic E-state index is 12.7. The van der Waals surface area contributed by atoms with Gasteiger partial charge in [0.25, 0.3) is 5.91 Å². The Bertz CT molecular complexity index is 696. The van der Waals surface area contributed by atoms with Crippen molar-refractivity contribution in [2.24, 2.45) is 17.6 Å². The average Bonchev–Trinajstić information content (AvgIpc) is 3.08. The Morgan fingerprint density at radius 3 is 2.67 bits per heavy atom. The molecule has 4 rings (SSSR count). The highest BCUT2D eigenvalue weighted by Crippen LogP contribution is 2.37. The van der Waals surface area contributed by atoms with Crippen LogP contribution < -0.4 is 5.73 Å². The molecule has 1 heterocycles. The molecule has 0 spiro atoms. The number of hydrogen-bond donors (Lipinski definition) is 1. The quantitative estimate of drug-likeness (QED) is 0.873. The Morgan fingerprint density at radius 1 is 1.05 bits per heavy atom. The molecule has 1 aliphatic heterocycles. The van der Waals surface area contributed by atoms with Crippen molar-refractivity contribution >= 4 is 16.7 Å². The molecule has 3 unspecified atom stereocenters. The number of hydrogen-bond acceptors (Lipinski definition) is 2. The van der Waals surface area contributed by atoms with Crippen molar-refractivity contribution in [1.29, 1.82) is 0 Å². The van der Waals surface area contributed by atoms with Crippen molar-refractivity contribution in [2.45, 2.75) is 18.9 Å². The molecule has 21 heavy (non-hydrogen) atoms. The highest BCUT2D eigenvalue weighted by molar-refractivity contribution is 5.98. The van der Waals surface area contributed by atoms with E-state index in [0.29, 0.717) is 11.8 Å². The van der Waals surface area contributed by atoms with Crippen molar-refractivity contribution in [3.05, 3.63) is 48.0 Å². The fourth-order valence-corrected chi connectivity index (χ4v) is 3.98. The first-order valence-electron chi connectivity index (χ1n) is 7.76. The molecular formula is C18H20N2O. The molecule has 0 aromatic heterocycles. The van der Waals surface area contributed by atoms with E-state index in [1.54, 1.807) is 0 Å². The molecule has 0 radical (unpaired) electrons. The fraction of sp³-hybridized carbons (Fsp3) is 0.389. The first-order valence-corrected chi connectivity index (χ1v) is 7.76. The van der Waals surface area contributed by atoms with Crippen molar-refractivity contribution in [2.75, 3.05) is 13.1 Å². The van der Waals surface area contributed by atoms with Crippen molar-refractivity contribution in [1.82, 2.24) is 4.90 Å². The summed E-state index contributed by atoms with van der Waals surface area (Å²) in [6.45, 7) is 1.71. The lowest BCUT2D eigenvalue weighted by Gasteiger charge is -2.19. The van der Waals surface area contributed by atoms with Gasteiger partial charge in [0, 0.05) is 24.7 Å². The predicted molar refractivity (Wildman–Crippen MR) is 84.0 cm³/mol. The van der Waals surface area contributed by atoms with E-state index in [-0.39, 0.29) is 11.9 Å². The lowest BCUT2D eigenvalue weighted by atomic mass is 9.98. The number of nitrogens with zero attached hydrogens (tertiary/aromatic N) is 1. The van der Waals surface area contributed by atoms with Gasteiger partial charge in [0.15, 0.2) is 0 Å². The molecule has 3 heteroatoms. The Balaban J connectivity index is 1.59. The van der Waals surface area contributed by atoms with Crippen LogP contribution in [0.15, 0.2) is 42.5 Å². The third-order valence-electron chi connectivity index (χ3n) is 5.20. The topological polar surface area (TPSA) is 46.3 Å². The fourth-order valence-electron chi connectivity index (χ4n) is 3.98. The molecule has 3 atom stereocenters. The number of amides is 1. The minimum atomic E-state index is 0.155. The van der Waals surface area contributed by atoms with Gasteiger partial charge in [-0.15, -0.1) is 0 Å². The highest BCUT2D eigenvalue weighted by Gasteiger charge is 2.42. The summed E-state index contributed by atoms with van der Waals surface area (Å²) < 4.78 is 0. The summed E-state index contributed by atoms with van der Waals surface area (Å²) in [6, 6.07) is 14.4. The van der Waals surface area contributed by atoms with E-state index >= 15 is 0 Å². The smallest absolute Gasteiger partial charge is 0.253 e. The van der Waals surface area contributed by atoms with Gasteiger partial charge in [0.2, 0.25) is 0 Å². The predicted octanol–water partition coefficient (Wildman–Crippen LogP) is 2.65. The Kier molecular flexibility index (Phi) is 2.96. The second-order valence-corrected chi connectivity index (χ2v) is 6.44. The third kappa shape index (κ3) is 2.12. The summed E-state index contributed by atoms with van der Waals surface area (Å²) in [4.78, 5) is 14.7. The molecule has 2 aliphatic rings. The van der Waals surface area contributed by atoms with Crippen molar-refractivity contribution < 1.29 is 4.79 Å². The summed E-state index contributed by atoms with van der Waals surface area (Å²) in [6.07, 6.45) is 2.29. The van der Waals surface area contributed by atoms with Crippen molar-refractivity contribution in [3.8, 4) is 0 Å². The number of benzene rings is 2. The molecule has 1 aliphatic carbocycles. The molecule has 1 saturated carbocycles. The van der Waals surface area contributed by atoms with Gasteiger partial charge in [-0.05, 0) is 47.6 Å². The zero-order valence-electron chi connectivity index (χ0n) is 12.0.